The minimum absolute atomic E-state index is 0.0248. The van der Waals surface area contributed by atoms with E-state index < -0.39 is 11.7 Å². The lowest BCUT2D eigenvalue weighted by Crippen LogP contribution is -2.20. The highest BCUT2D eigenvalue weighted by atomic mass is 35.5. The molecule has 0 aliphatic heterocycles. The van der Waals surface area contributed by atoms with E-state index in [1.165, 1.54) is 24.3 Å². The number of carbonyl (C=O) groups is 1. The minimum atomic E-state index is -0.519. The van der Waals surface area contributed by atoms with E-state index in [1.807, 2.05) is 0 Å². The van der Waals surface area contributed by atoms with Crippen LogP contribution in [0.1, 0.15) is 0 Å². The maximum absolute atomic E-state index is 13.3. The fraction of sp³-hybridized carbons (Fsp3) is 0.0714. The number of benzene rings is 2. The molecule has 104 valence electrons. The molecule has 0 saturated carbocycles. The predicted molar refractivity (Wildman–Crippen MR) is 77.0 cm³/mol. The van der Waals surface area contributed by atoms with Gasteiger partial charge in [-0.1, -0.05) is 35.3 Å². The molecule has 2 aromatic carbocycles. The van der Waals surface area contributed by atoms with Crippen molar-refractivity contribution in [2.24, 2.45) is 0 Å². The number of hydrogen-bond donors (Lipinski definition) is 1. The molecule has 1 N–H and O–H groups in total. The van der Waals surface area contributed by atoms with Crippen molar-refractivity contribution in [2.45, 2.75) is 0 Å². The summed E-state index contributed by atoms with van der Waals surface area (Å²) in [5.74, 6) is -0.918. The molecular formula is C14H10Cl2FNO2. The van der Waals surface area contributed by atoms with Crippen LogP contribution >= 0.6 is 23.2 Å². The van der Waals surface area contributed by atoms with Crippen molar-refractivity contribution < 1.29 is 13.9 Å². The molecule has 0 atom stereocenters. The molecule has 0 unspecified atom stereocenters. The number of para-hydroxylation sites is 1. The van der Waals surface area contributed by atoms with Gasteiger partial charge in [-0.3, -0.25) is 4.79 Å². The molecule has 0 aliphatic rings. The van der Waals surface area contributed by atoms with E-state index >= 15 is 0 Å². The van der Waals surface area contributed by atoms with E-state index in [9.17, 15) is 9.18 Å². The first kappa shape index (κ1) is 14.6. The lowest BCUT2D eigenvalue weighted by atomic mass is 10.3. The molecule has 2 rings (SSSR count). The van der Waals surface area contributed by atoms with Crippen LogP contribution in [-0.4, -0.2) is 12.5 Å². The van der Waals surface area contributed by atoms with Crippen LogP contribution in [0.15, 0.2) is 42.5 Å². The molecule has 1 amide bonds. The molecular weight excluding hydrogens is 304 g/mol. The van der Waals surface area contributed by atoms with E-state index in [-0.39, 0.29) is 12.4 Å². The first-order valence-corrected chi connectivity index (χ1v) is 6.44. The topological polar surface area (TPSA) is 38.3 Å². The molecule has 0 fully saturated rings. The third-order valence-electron chi connectivity index (χ3n) is 2.40. The second kappa shape index (κ2) is 6.59. The molecule has 0 saturated heterocycles. The molecule has 0 heterocycles. The molecule has 0 radical (unpaired) electrons. The van der Waals surface area contributed by atoms with Crippen molar-refractivity contribution >= 4 is 34.8 Å². The number of ether oxygens (including phenoxy) is 1. The van der Waals surface area contributed by atoms with E-state index in [0.29, 0.717) is 15.7 Å². The van der Waals surface area contributed by atoms with Gasteiger partial charge in [0.1, 0.15) is 0 Å². The number of halogens is 3. The Labute approximate surface area is 125 Å². The van der Waals surface area contributed by atoms with Gasteiger partial charge in [0, 0.05) is 5.69 Å². The van der Waals surface area contributed by atoms with Gasteiger partial charge in [-0.25, -0.2) is 4.39 Å². The van der Waals surface area contributed by atoms with Crippen molar-refractivity contribution in [3.8, 4) is 5.75 Å². The Hall–Kier alpha value is -1.78. The van der Waals surface area contributed by atoms with Crippen LogP contribution in [0.3, 0.4) is 0 Å². The lowest BCUT2D eigenvalue weighted by Gasteiger charge is -2.08. The zero-order chi connectivity index (χ0) is 14.5. The van der Waals surface area contributed by atoms with Crippen molar-refractivity contribution in [1.29, 1.82) is 0 Å². The summed E-state index contributed by atoms with van der Waals surface area (Å²) in [6, 6.07) is 10.6. The van der Waals surface area contributed by atoms with Crippen molar-refractivity contribution in [3.63, 3.8) is 0 Å². The predicted octanol–water partition coefficient (Wildman–Crippen LogP) is 4.15. The van der Waals surface area contributed by atoms with Gasteiger partial charge in [-0.2, -0.15) is 0 Å². The molecule has 2 aromatic rings. The fourth-order valence-electron chi connectivity index (χ4n) is 1.48. The normalized spacial score (nSPS) is 10.2. The van der Waals surface area contributed by atoms with Crippen LogP contribution in [0.4, 0.5) is 10.1 Å². The van der Waals surface area contributed by atoms with Gasteiger partial charge >= 0.3 is 0 Å². The first-order valence-electron chi connectivity index (χ1n) is 5.68. The lowest BCUT2D eigenvalue weighted by molar-refractivity contribution is -0.118. The van der Waals surface area contributed by atoms with Gasteiger partial charge in [0.25, 0.3) is 5.91 Å². The third kappa shape index (κ3) is 3.85. The number of carbonyl (C=O) groups excluding carboxylic acids is 1. The summed E-state index contributed by atoms with van der Waals surface area (Å²) in [6.45, 7) is -0.304. The Morgan fingerprint density at radius 3 is 2.60 bits per heavy atom. The summed E-state index contributed by atoms with van der Waals surface area (Å²) in [5, 5.41) is 3.30. The van der Waals surface area contributed by atoms with Crippen LogP contribution in [0.5, 0.6) is 5.75 Å². The summed E-state index contributed by atoms with van der Waals surface area (Å²) in [4.78, 5) is 11.7. The maximum atomic E-state index is 13.3. The number of nitrogens with one attached hydrogen (secondary N) is 1. The standard InChI is InChI=1S/C14H10Cl2FNO2/c15-10-6-5-9(7-11(10)16)18-14(19)8-20-13-4-2-1-3-12(13)17/h1-7H,8H2,(H,18,19). The highest BCUT2D eigenvalue weighted by Gasteiger charge is 2.07. The van der Waals surface area contributed by atoms with E-state index in [4.69, 9.17) is 27.9 Å². The van der Waals surface area contributed by atoms with Crippen molar-refractivity contribution in [1.82, 2.24) is 0 Å². The number of amides is 1. The molecule has 0 bridgehead atoms. The SMILES string of the molecule is O=C(COc1ccccc1F)Nc1ccc(Cl)c(Cl)c1. The largest absolute Gasteiger partial charge is 0.481 e. The highest BCUT2D eigenvalue weighted by Crippen LogP contribution is 2.25. The van der Waals surface area contributed by atoms with Crippen LogP contribution in [0.2, 0.25) is 10.0 Å². The Morgan fingerprint density at radius 1 is 1.15 bits per heavy atom. The van der Waals surface area contributed by atoms with E-state index in [0.717, 1.165) is 0 Å². The average Bonchev–Trinajstić information content (AvgIpc) is 2.42. The van der Waals surface area contributed by atoms with Crippen LogP contribution in [-0.2, 0) is 4.79 Å². The zero-order valence-electron chi connectivity index (χ0n) is 10.2. The number of anilines is 1. The van der Waals surface area contributed by atoms with Gasteiger partial charge in [-0.15, -0.1) is 0 Å². The van der Waals surface area contributed by atoms with Crippen LogP contribution in [0, 0.1) is 5.82 Å². The van der Waals surface area contributed by atoms with Crippen LogP contribution in [0.25, 0.3) is 0 Å². The van der Waals surface area contributed by atoms with Crippen LogP contribution < -0.4 is 10.1 Å². The van der Waals surface area contributed by atoms with Crippen molar-refractivity contribution in [3.05, 3.63) is 58.3 Å². The Bertz CT molecular complexity index is 634. The zero-order valence-corrected chi connectivity index (χ0v) is 11.7. The fourth-order valence-corrected chi connectivity index (χ4v) is 1.77. The Balaban J connectivity index is 1.93. The molecule has 20 heavy (non-hydrogen) atoms. The Kier molecular flexibility index (Phi) is 4.82. The quantitative estimate of drug-likeness (QED) is 0.920. The highest BCUT2D eigenvalue weighted by molar-refractivity contribution is 6.42. The summed E-state index contributed by atoms with van der Waals surface area (Å²) in [6.07, 6.45) is 0. The smallest absolute Gasteiger partial charge is 0.262 e. The minimum Gasteiger partial charge on any atom is -0.481 e. The van der Waals surface area contributed by atoms with Gasteiger partial charge in [0.2, 0.25) is 0 Å². The van der Waals surface area contributed by atoms with Crippen molar-refractivity contribution in [2.75, 3.05) is 11.9 Å². The number of rotatable bonds is 4. The molecule has 0 spiro atoms. The molecule has 6 heteroatoms. The molecule has 0 aromatic heterocycles. The summed E-state index contributed by atoms with van der Waals surface area (Å²) >= 11 is 11.6. The molecule has 3 nitrogen and oxygen atoms in total. The monoisotopic (exact) mass is 313 g/mol. The second-order valence-corrected chi connectivity index (χ2v) is 4.71. The number of hydrogen-bond acceptors (Lipinski definition) is 2. The van der Waals surface area contributed by atoms with E-state index in [2.05, 4.69) is 5.32 Å². The van der Waals surface area contributed by atoms with Gasteiger partial charge in [0.05, 0.1) is 10.0 Å². The summed E-state index contributed by atoms with van der Waals surface area (Å²) in [7, 11) is 0. The molecule has 0 aliphatic carbocycles. The van der Waals surface area contributed by atoms with Gasteiger partial charge in [0.15, 0.2) is 18.2 Å². The van der Waals surface area contributed by atoms with E-state index in [1.54, 1.807) is 18.2 Å². The van der Waals surface area contributed by atoms with Gasteiger partial charge in [-0.05, 0) is 30.3 Å². The first-order chi connectivity index (χ1) is 9.56. The summed E-state index contributed by atoms with van der Waals surface area (Å²) in [5.41, 5.74) is 0.488. The average molecular weight is 314 g/mol. The third-order valence-corrected chi connectivity index (χ3v) is 3.14. The summed E-state index contributed by atoms with van der Waals surface area (Å²) < 4.78 is 18.4. The Morgan fingerprint density at radius 2 is 1.90 bits per heavy atom. The van der Waals surface area contributed by atoms with Gasteiger partial charge < -0.3 is 10.1 Å². The second-order valence-electron chi connectivity index (χ2n) is 3.90. The maximum Gasteiger partial charge on any atom is 0.262 e.